The minimum Gasteiger partial charge on any atom is -0.494 e. The average molecular weight is 385 g/mol. The first-order chi connectivity index (χ1) is 11.7. The van der Waals surface area contributed by atoms with Gasteiger partial charge in [0.15, 0.2) is 0 Å². The van der Waals surface area contributed by atoms with Crippen molar-refractivity contribution < 1.29 is 9.53 Å². The molecule has 0 aliphatic carbocycles. The number of carbonyl (C=O) groups excluding carboxylic acids is 1. The summed E-state index contributed by atoms with van der Waals surface area (Å²) < 4.78 is 6.61. The van der Waals surface area contributed by atoms with E-state index in [1.807, 2.05) is 54.6 Å². The van der Waals surface area contributed by atoms with Gasteiger partial charge >= 0.3 is 0 Å². The molecule has 0 unspecified atom stereocenters. The molecule has 0 atom stereocenters. The van der Waals surface area contributed by atoms with Crippen LogP contribution in [0, 0.1) is 0 Å². The lowest BCUT2D eigenvalue weighted by atomic mass is 10.2. The van der Waals surface area contributed by atoms with Gasteiger partial charge in [-0.1, -0.05) is 40.2 Å². The smallest absolute Gasteiger partial charge is 0.224 e. The number of aromatic nitrogens is 1. The zero-order valence-corrected chi connectivity index (χ0v) is 14.6. The summed E-state index contributed by atoms with van der Waals surface area (Å²) in [5.74, 6) is 0.758. The van der Waals surface area contributed by atoms with Crippen molar-refractivity contribution in [2.75, 3.05) is 11.9 Å². The second-order valence-electron chi connectivity index (χ2n) is 5.34. The van der Waals surface area contributed by atoms with Gasteiger partial charge in [0.2, 0.25) is 5.91 Å². The number of rotatable bonds is 6. The average Bonchev–Trinajstić information content (AvgIpc) is 2.59. The van der Waals surface area contributed by atoms with Crippen LogP contribution in [0.15, 0.2) is 65.3 Å². The topological polar surface area (TPSA) is 51.2 Å². The van der Waals surface area contributed by atoms with Gasteiger partial charge in [-0.15, -0.1) is 0 Å². The molecule has 122 valence electrons. The van der Waals surface area contributed by atoms with E-state index in [2.05, 4.69) is 26.2 Å². The van der Waals surface area contributed by atoms with E-state index < -0.39 is 0 Å². The van der Waals surface area contributed by atoms with Crippen LogP contribution in [-0.4, -0.2) is 17.5 Å². The van der Waals surface area contributed by atoms with Gasteiger partial charge in [0.1, 0.15) is 5.75 Å². The number of fused-ring (bicyclic) bond motifs is 1. The number of hydrogen-bond acceptors (Lipinski definition) is 3. The summed E-state index contributed by atoms with van der Waals surface area (Å²) in [5.41, 5.74) is 1.55. The number of anilines is 1. The number of para-hydroxylation sites is 1. The minimum atomic E-state index is -0.0361. The van der Waals surface area contributed by atoms with Crippen LogP contribution in [0.25, 0.3) is 10.9 Å². The number of benzene rings is 2. The summed E-state index contributed by atoms with van der Waals surface area (Å²) in [5, 5.41) is 3.94. The Balaban J connectivity index is 1.50. The van der Waals surface area contributed by atoms with Crippen LogP contribution < -0.4 is 10.1 Å². The van der Waals surface area contributed by atoms with E-state index in [1.165, 1.54) is 0 Å². The van der Waals surface area contributed by atoms with Crippen molar-refractivity contribution in [1.29, 1.82) is 0 Å². The third kappa shape index (κ3) is 4.32. The minimum absolute atomic E-state index is 0.0361. The molecule has 3 aromatic rings. The van der Waals surface area contributed by atoms with E-state index in [0.717, 1.165) is 26.8 Å². The first-order valence-electron chi connectivity index (χ1n) is 7.74. The van der Waals surface area contributed by atoms with Crippen molar-refractivity contribution in [2.45, 2.75) is 12.8 Å². The lowest BCUT2D eigenvalue weighted by Crippen LogP contribution is -2.13. The van der Waals surface area contributed by atoms with Gasteiger partial charge in [-0.05, 0) is 36.8 Å². The molecule has 1 aromatic heterocycles. The Kier molecular flexibility index (Phi) is 5.43. The molecule has 0 saturated heterocycles. The van der Waals surface area contributed by atoms with Crippen molar-refractivity contribution in [3.05, 3.63) is 65.3 Å². The zero-order chi connectivity index (χ0) is 16.8. The highest BCUT2D eigenvalue weighted by Crippen LogP contribution is 2.21. The molecule has 0 spiro atoms. The number of amides is 1. The fourth-order valence-corrected chi connectivity index (χ4v) is 2.78. The summed E-state index contributed by atoms with van der Waals surface area (Å²) in [4.78, 5) is 16.5. The molecule has 2 aromatic carbocycles. The molecule has 4 nitrogen and oxygen atoms in total. The van der Waals surface area contributed by atoms with Crippen molar-refractivity contribution in [2.24, 2.45) is 0 Å². The Morgan fingerprint density at radius 2 is 1.96 bits per heavy atom. The van der Waals surface area contributed by atoms with Crippen molar-refractivity contribution in [1.82, 2.24) is 4.98 Å². The maximum atomic E-state index is 12.1. The lowest BCUT2D eigenvalue weighted by Gasteiger charge is -2.09. The molecule has 1 amide bonds. The van der Waals surface area contributed by atoms with Gasteiger partial charge in [0, 0.05) is 22.5 Å². The van der Waals surface area contributed by atoms with E-state index in [0.29, 0.717) is 19.4 Å². The normalized spacial score (nSPS) is 10.5. The number of nitrogens with one attached hydrogen (secondary N) is 1. The van der Waals surface area contributed by atoms with Gasteiger partial charge in [-0.3, -0.25) is 9.78 Å². The molecule has 3 rings (SSSR count). The standard InChI is InChI=1S/C19H17BrN2O2/c20-15-7-2-8-16(13-15)24-12-4-10-18(23)22-17-9-1-5-14-6-3-11-21-19(14)17/h1-3,5-9,11,13H,4,10,12H2,(H,22,23). The van der Waals surface area contributed by atoms with E-state index >= 15 is 0 Å². The highest BCUT2D eigenvalue weighted by molar-refractivity contribution is 9.10. The molecule has 0 saturated carbocycles. The first-order valence-corrected chi connectivity index (χ1v) is 8.53. The molecule has 24 heavy (non-hydrogen) atoms. The van der Waals surface area contributed by atoms with Gasteiger partial charge in [0.05, 0.1) is 17.8 Å². The van der Waals surface area contributed by atoms with Crippen LogP contribution in [0.3, 0.4) is 0 Å². The van der Waals surface area contributed by atoms with E-state index in [4.69, 9.17) is 4.74 Å². The van der Waals surface area contributed by atoms with Crippen LogP contribution in [-0.2, 0) is 4.79 Å². The number of hydrogen-bond donors (Lipinski definition) is 1. The predicted octanol–water partition coefficient (Wildman–Crippen LogP) is 4.80. The monoisotopic (exact) mass is 384 g/mol. The van der Waals surface area contributed by atoms with Gasteiger partial charge < -0.3 is 10.1 Å². The predicted molar refractivity (Wildman–Crippen MR) is 99.2 cm³/mol. The second-order valence-corrected chi connectivity index (χ2v) is 6.25. The largest absolute Gasteiger partial charge is 0.494 e. The van der Waals surface area contributed by atoms with Gasteiger partial charge in [-0.25, -0.2) is 0 Å². The SMILES string of the molecule is O=C(CCCOc1cccc(Br)c1)Nc1cccc2cccnc12. The maximum absolute atomic E-state index is 12.1. The molecular formula is C19H17BrN2O2. The highest BCUT2D eigenvalue weighted by Gasteiger charge is 2.06. The molecule has 0 radical (unpaired) electrons. The Labute approximate surface area is 149 Å². The first kappa shape index (κ1) is 16.5. The maximum Gasteiger partial charge on any atom is 0.224 e. The lowest BCUT2D eigenvalue weighted by molar-refractivity contribution is -0.116. The third-order valence-corrected chi connectivity index (χ3v) is 4.01. The van der Waals surface area contributed by atoms with Crippen LogP contribution >= 0.6 is 15.9 Å². The Morgan fingerprint density at radius 3 is 2.83 bits per heavy atom. The van der Waals surface area contributed by atoms with Crippen LogP contribution in [0.4, 0.5) is 5.69 Å². The Hall–Kier alpha value is -2.40. The third-order valence-electron chi connectivity index (χ3n) is 3.52. The molecule has 1 heterocycles. The summed E-state index contributed by atoms with van der Waals surface area (Å²) >= 11 is 3.40. The quantitative estimate of drug-likeness (QED) is 0.621. The van der Waals surface area contributed by atoms with Crippen LogP contribution in [0.5, 0.6) is 5.75 Å². The van der Waals surface area contributed by atoms with Crippen molar-refractivity contribution >= 4 is 38.4 Å². The summed E-state index contributed by atoms with van der Waals surface area (Å²) in [6, 6.07) is 17.3. The van der Waals surface area contributed by atoms with Crippen molar-refractivity contribution in [3.63, 3.8) is 0 Å². The fraction of sp³-hybridized carbons (Fsp3) is 0.158. The molecule has 5 heteroatoms. The zero-order valence-electron chi connectivity index (χ0n) is 13.0. The molecule has 0 fully saturated rings. The molecule has 0 aliphatic rings. The van der Waals surface area contributed by atoms with E-state index in [-0.39, 0.29) is 5.91 Å². The summed E-state index contributed by atoms with van der Waals surface area (Å²) in [6.07, 6.45) is 2.78. The molecule has 1 N–H and O–H groups in total. The van der Waals surface area contributed by atoms with Crippen LogP contribution in [0.2, 0.25) is 0 Å². The van der Waals surface area contributed by atoms with E-state index in [9.17, 15) is 4.79 Å². The molecular weight excluding hydrogens is 368 g/mol. The molecule has 0 bridgehead atoms. The Morgan fingerprint density at radius 1 is 1.12 bits per heavy atom. The summed E-state index contributed by atoms with van der Waals surface area (Å²) in [6.45, 7) is 0.498. The van der Waals surface area contributed by atoms with E-state index in [1.54, 1.807) is 6.20 Å². The number of pyridine rings is 1. The Bertz CT molecular complexity index is 846. The number of halogens is 1. The fourth-order valence-electron chi connectivity index (χ4n) is 2.40. The van der Waals surface area contributed by atoms with Gasteiger partial charge in [0.25, 0.3) is 0 Å². The summed E-state index contributed by atoms with van der Waals surface area (Å²) in [7, 11) is 0. The van der Waals surface area contributed by atoms with Crippen molar-refractivity contribution in [3.8, 4) is 5.75 Å². The second kappa shape index (κ2) is 7.93. The van der Waals surface area contributed by atoms with Crippen LogP contribution in [0.1, 0.15) is 12.8 Å². The number of ether oxygens (including phenoxy) is 1. The number of carbonyl (C=O) groups is 1. The molecule has 0 aliphatic heterocycles. The van der Waals surface area contributed by atoms with Gasteiger partial charge in [-0.2, -0.15) is 0 Å². The highest BCUT2D eigenvalue weighted by atomic mass is 79.9. The number of nitrogens with zero attached hydrogens (tertiary/aromatic N) is 1.